The van der Waals surface area contributed by atoms with Gasteiger partial charge in [-0.2, -0.15) is 4.31 Å². The topological polar surface area (TPSA) is 76.1 Å². The number of amides is 1. The highest BCUT2D eigenvalue weighted by Crippen LogP contribution is 2.39. The van der Waals surface area contributed by atoms with Gasteiger partial charge in [-0.3, -0.25) is 4.79 Å². The van der Waals surface area contributed by atoms with Crippen LogP contribution in [-0.2, 0) is 16.4 Å². The molecule has 166 valence electrons. The van der Waals surface area contributed by atoms with E-state index in [0.717, 1.165) is 42.5 Å². The number of hydrogen-bond donors (Lipinski definition) is 0. The number of benzene rings is 2. The lowest BCUT2D eigenvalue weighted by Crippen LogP contribution is -2.36. The quantitative estimate of drug-likeness (QED) is 0.707. The average Bonchev–Trinajstić information content (AvgIpc) is 3.34. The number of carbonyl (C=O) groups is 1. The summed E-state index contributed by atoms with van der Waals surface area (Å²) in [6, 6.07) is 8.51. The van der Waals surface area contributed by atoms with Crippen LogP contribution in [0, 0.1) is 6.92 Å². The zero-order chi connectivity index (χ0) is 22.2. The van der Waals surface area contributed by atoms with Crippen LogP contribution >= 0.6 is 0 Å². The van der Waals surface area contributed by atoms with Crippen LogP contribution in [0.15, 0.2) is 35.2 Å². The maximum absolute atomic E-state index is 13.6. The van der Waals surface area contributed by atoms with Gasteiger partial charge in [0.05, 0.1) is 19.9 Å². The van der Waals surface area contributed by atoms with E-state index in [9.17, 15) is 13.2 Å². The normalized spacial score (nSPS) is 16.8. The van der Waals surface area contributed by atoms with Gasteiger partial charge in [0.2, 0.25) is 10.0 Å². The zero-order valence-corrected chi connectivity index (χ0v) is 19.0. The minimum atomic E-state index is -3.74. The van der Waals surface area contributed by atoms with Crippen molar-refractivity contribution >= 4 is 21.6 Å². The van der Waals surface area contributed by atoms with Crippen molar-refractivity contribution in [3.8, 4) is 11.5 Å². The molecule has 4 rings (SSSR count). The Bertz CT molecular complexity index is 1110. The lowest BCUT2D eigenvalue weighted by Gasteiger charge is -2.32. The standard InChI is InChI=1S/C23H28N2O5S/c1-16-8-10-20(30-3)22-18(16)7-6-14-25(22)23(26)17-9-11-19(29-2)21(15-17)31(27,28)24-12-4-5-13-24/h8-11,15H,4-7,12-14H2,1-3H3. The number of anilines is 1. The number of sulfonamides is 1. The van der Waals surface area contributed by atoms with Crippen molar-refractivity contribution in [2.45, 2.75) is 37.5 Å². The minimum absolute atomic E-state index is 0.0381. The van der Waals surface area contributed by atoms with Crippen LogP contribution in [0.3, 0.4) is 0 Å². The first-order chi connectivity index (χ1) is 14.9. The Hall–Kier alpha value is -2.58. The summed E-state index contributed by atoms with van der Waals surface area (Å²) < 4.78 is 38.8. The summed E-state index contributed by atoms with van der Waals surface area (Å²) in [5.41, 5.74) is 3.30. The van der Waals surface area contributed by atoms with Crippen LogP contribution in [0.4, 0.5) is 5.69 Å². The molecular formula is C23H28N2O5S. The molecule has 2 aliphatic heterocycles. The van der Waals surface area contributed by atoms with Gasteiger partial charge in [-0.1, -0.05) is 6.07 Å². The average molecular weight is 445 g/mol. The van der Waals surface area contributed by atoms with Crippen molar-refractivity contribution in [3.05, 3.63) is 47.0 Å². The predicted molar refractivity (Wildman–Crippen MR) is 119 cm³/mol. The highest BCUT2D eigenvalue weighted by Gasteiger charge is 2.33. The molecule has 1 fully saturated rings. The number of ether oxygens (including phenoxy) is 2. The first-order valence-corrected chi connectivity index (χ1v) is 12.0. The molecule has 0 atom stereocenters. The van der Waals surface area contributed by atoms with Crippen LogP contribution in [0.2, 0.25) is 0 Å². The molecule has 2 heterocycles. The molecule has 0 radical (unpaired) electrons. The van der Waals surface area contributed by atoms with E-state index in [1.165, 1.54) is 17.5 Å². The lowest BCUT2D eigenvalue weighted by molar-refractivity contribution is 0.0984. The molecule has 0 saturated carbocycles. The molecule has 0 bridgehead atoms. The monoisotopic (exact) mass is 444 g/mol. The summed E-state index contributed by atoms with van der Waals surface area (Å²) in [5, 5.41) is 0. The number of rotatable bonds is 5. The van der Waals surface area contributed by atoms with Crippen LogP contribution in [0.5, 0.6) is 11.5 Å². The number of nitrogens with zero attached hydrogens (tertiary/aromatic N) is 2. The summed E-state index contributed by atoms with van der Waals surface area (Å²) in [5.74, 6) is 0.647. The maximum Gasteiger partial charge on any atom is 0.258 e. The SMILES string of the molecule is COc1ccc(C(=O)N2CCCc3c(C)ccc(OC)c32)cc1S(=O)(=O)N1CCCC1. The second kappa shape index (κ2) is 8.51. The minimum Gasteiger partial charge on any atom is -0.495 e. The van der Waals surface area contributed by atoms with Crippen LogP contribution < -0.4 is 14.4 Å². The van der Waals surface area contributed by atoms with Gasteiger partial charge in [-0.05, 0) is 68.0 Å². The van der Waals surface area contributed by atoms with E-state index in [0.29, 0.717) is 30.9 Å². The second-order valence-corrected chi connectivity index (χ2v) is 9.86. The molecule has 2 aromatic rings. The number of hydrogen-bond acceptors (Lipinski definition) is 5. The fraction of sp³-hybridized carbons (Fsp3) is 0.435. The maximum atomic E-state index is 13.6. The zero-order valence-electron chi connectivity index (χ0n) is 18.2. The van der Waals surface area contributed by atoms with Gasteiger partial charge in [0.25, 0.3) is 5.91 Å². The Balaban J connectivity index is 1.77. The van der Waals surface area contributed by atoms with Gasteiger partial charge >= 0.3 is 0 Å². The highest BCUT2D eigenvalue weighted by atomic mass is 32.2. The molecule has 7 nitrogen and oxygen atoms in total. The van der Waals surface area contributed by atoms with Gasteiger partial charge in [0, 0.05) is 25.2 Å². The summed E-state index contributed by atoms with van der Waals surface area (Å²) in [6.07, 6.45) is 3.38. The molecule has 0 N–H and O–H groups in total. The first kappa shape index (κ1) is 21.6. The van der Waals surface area contributed by atoms with E-state index >= 15 is 0 Å². The molecule has 0 aliphatic carbocycles. The largest absolute Gasteiger partial charge is 0.495 e. The molecule has 0 aromatic heterocycles. The van der Waals surface area contributed by atoms with Crippen molar-refractivity contribution in [1.29, 1.82) is 0 Å². The van der Waals surface area contributed by atoms with Gasteiger partial charge in [0.1, 0.15) is 16.4 Å². The third kappa shape index (κ3) is 3.78. The summed E-state index contributed by atoms with van der Waals surface area (Å²) in [4.78, 5) is 15.3. The first-order valence-electron chi connectivity index (χ1n) is 10.5. The molecule has 2 aromatic carbocycles. The molecule has 0 spiro atoms. The third-order valence-corrected chi connectivity index (χ3v) is 8.04. The lowest BCUT2D eigenvalue weighted by atomic mass is 9.95. The molecular weight excluding hydrogens is 416 g/mol. The molecule has 1 amide bonds. The van der Waals surface area contributed by atoms with Gasteiger partial charge < -0.3 is 14.4 Å². The Morgan fingerprint density at radius 1 is 0.935 bits per heavy atom. The number of fused-ring (bicyclic) bond motifs is 1. The number of aryl methyl sites for hydroxylation is 1. The van der Waals surface area contributed by atoms with Crippen molar-refractivity contribution in [3.63, 3.8) is 0 Å². The van der Waals surface area contributed by atoms with Crippen LogP contribution in [-0.4, -0.2) is 52.5 Å². The van der Waals surface area contributed by atoms with Gasteiger partial charge in [-0.25, -0.2) is 8.42 Å². The van der Waals surface area contributed by atoms with Gasteiger partial charge in [0.15, 0.2) is 0 Å². The molecule has 0 unspecified atom stereocenters. The Kier molecular flexibility index (Phi) is 5.94. The van der Waals surface area contributed by atoms with E-state index in [2.05, 4.69) is 0 Å². The van der Waals surface area contributed by atoms with E-state index in [-0.39, 0.29) is 16.6 Å². The summed E-state index contributed by atoms with van der Waals surface area (Å²) in [6.45, 7) is 3.55. The molecule has 1 saturated heterocycles. The Morgan fingerprint density at radius 2 is 1.61 bits per heavy atom. The van der Waals surface area contributed by atoms with Crippen molar-refractivity contribution in [1.82, 2.24) is 4.31 Å². The molecule has 2 aliphatic rings. The van der Waals surface area contributed by atoms with E-state index < -0.39 is 10.0 Å². The third-order valence-electron chi connectivity index (χ3n) is 6.12. The van der Waals surface area contributed by atoms with Crippen molar-refractivity contribution in [2.75, 3.05) is 38.8 Å². The second-order valence-electron chi connectivity index (χ2n) is 7.95. The smallest absolute Gasteiger partial charge is 0.258 e. The predicted octanol–water partition coefficient (Wildman–Crippen LogP) is 3.39. The van der Waals surface area contributed by atoms with Crippen LogP contribution in [0.25, 0.3) is 0 Å². The molecule has 31 heavy (non-hydrogen) atoms. The Morgan fingerprint density at radius 3 is 2.29 bits per heavy atom. The molecule has 8 heteroatoms. The number of methoxy groups -OCH3 is 2. The van der Waals surface area contributed by atoms with E-state index in [1.807, 2.05) is 19.1 Å². The fourth-order valence-electron chi connectivity index (χ4n) is 4.46. The summed E-state index contributed by atoms with van der Waals surface area (Å²) in [7, 11) is -0.703. The van der Waals surface area contributed by atoms with Gasteiger partial charge in [-0.15, -0.1) is 0 Å². The number of carbonyl (C=O) groups excluding carboxylic acids is 1. The highest BCUT2D eigenvalue weighted by molar-refractivity contribution is 7.89. The van der Waals surface area contributed by atoms with Crippen molar-refractivity contribution in [2.24, 2.45) is 0 Å². The Labute approximate surface area is 183 Å². The fourth-order valence-corrected chi connectivity index (χ4v) is 6.15. The van der Waals surface area contributed by atoms with Crippen LogP contribution in [0.1, 0.15) is 40.7 Å². The van der Waals surface area contributed by atoms with E-state index in [4.69, 9.17) is 9.47 Å². The summed E-state index contributed by atoms with van der Waals surface area (Å²) >= 11 is 0. The van der Waals surface area contributed by atoms with Crippen molar-refractivity contribution < 1.29 is 22.7 Å². The van der Waals surface area contributed by atoms with E-state index in [1.54, 1.807) is 24.1 Å².